The van der Waals surface area contributed by atoms with Crippen LogP contribution in [0.3, 0.4) is 0 Å². The Hall–Kier alpha value is -0.120. The third-order valence-corrected chi connectivity index (χ3v) is 4.84. The van der Waals surface area contributed by atoms with Crippen LogP contribution in [0.5, 0.6) is 0 Å². The zero-order valence-electron chi connectivity index (χ0n) is 12.7. The SMILES string of the molecule is CC1CC(C)(C)CC1N(C)CCN1CCNCC1. The lowest BCUT2D eigenvalue weighted by atomic mass is 9.91. The second-order valence-corrected chi connectivity index (χ2v) is 7.19. The Labute approximate surface area is 113 Å². The molecule has 0 radical (unpaired) electrons. The first-order chi connectivity index (χ1) is 8.48. The maximum atomic E-state index is 3.42. The van der Waals surface area contributed by atoms with E-state index < -0.39 is 0 Å². The summed E-state index contributed by atoms with van der Waals surface area (Å²) in [5, 5.41) is 3.42. The Morgan fingerprint density at radius 3 is 2.44 bits per heavy atom. The van der Waals surface area contributed by atoms with E-state index in [0.717, 1.165) is 25.0 Å². The van der Waals surface area contributed by atoms with Crippen molar-refractivity contribution in [3.8, 4) is 0 Å². The van der Waals surface area contributed by atoms with Gasteiger partial charge in [-0.1, -0.05) is 20.8 Å². The Balaban J connectivity index is 1.75. The maximum Gasteiger partial charge on any atom is 0.0124 e. The molecule has 2 aliphatic rings. The van der Waals surface area contributed by atoms with Crippen molar-refractivity contribution in [2.24, 2.45) is 11.3 Å². The molecular weight excluding hydrogens is 222 g/mol. The highest BCUT2D eigenvalue weighted by atomic mass is 15.2. The molecule has 1 aliphatic carbocycles. The predicted octanol–water partition coefficient (Wildman–Crippen LogP) is 1.65. The molecule has 3 nitrogen and oxygen atoms in total. The number of hydrogen-bond acceptors (Lipinski definition) is 3. The van der Waals surface area contributed by atoms with E-state index in [-0.39, 0.29) is 0 Å². The molecule has 2 rings (SSSR count). The molecule has 1 aliphatic heterocycles. The Morgan fingerprint density at radius 1 is 1.22 bits per heavy atom. The number of nitrogens with one attached hydrogen (secondary N) is 1. The highest BCUT2D eigenvalue weighted by Crippen LogP contribution is 2.42. The predicted molar refractivity (Wildman–Crippen MR) is 77.9 cm³/mol. The van der Waals surface area contributed by atoms with Gasteiger partial charge in [-0.3, -0.25) is 4.90 Å². The van der Waals surface area contributed by atoms with Gasteiger partial charge < -0.3 is 10.2 Å². The van der Waals surface area contributed by atoms with Crippen molar-refractivity contribution >= 4 is 0 Å². The Bertz CT molecular complexity index is 258. The van der Waals surface area contributed by atoms with Crippen LogP contribution in [0.25, 0.3) is 0 Å². The molecule has 1 saturated heterocycles. The standard InChI is InChI=1S/C15H31N3/c1-13-11-15(2,3)12-14(13)17(4)9-10-18-7-5-16-6-8-18/h13-14,16H,5-12H2,1-4H3. The van der Waals surface area contributed by atoms with Gasteiger partial charge in [-0.25, -0.2) is 0 Å². The minimum Gasteiger partial charge on any atom is -0.314 e. The largest absolute Gasteiger partial charge is 0.314 e. The molecule has 0 bridgehead atoms. The van der Waals surface area contributed by atoms with E-state index in [1.807, 2.05) is 0 Å². The molecule has 3 heteroatoms. The summed E-state index contributed by atoms with van der Waals surface area (Å²) in [6, 6.07) is 0.794. The van der Waals surface area contributed by atoms with E-state index in [2.05, 4.69) is 42.9 Å². The fraction of sp³-hybridized carbons (Fsp3) is 1.00. The van der Waals surface area contributed by atoms with Crippen LogP contribution in [0.2, 0.25) is 0 Å². The third-order valence-electron chi connectivity index (χ3n) is 4.84. The summed E-state index contributed by atoms with van der Waals surface area (Å²) in [7, 11) is 2.32. The van der Waals surface area contributed by atoms with Crippen molar-refractivity contribution in [2.75, 3.05) is 46.3 Å². The molecule has 0 amide bonds. The number of piperazine rings is 1. The molecule has 0 spiro atoms. The zero-order chi connectivity index (χ0) is 13.2. The van der Waals surface area contributed by atoms with Gasteiger partial charge in [-0.05, 0) is 31.2 Å². The van der Waals surface area contributed by atoms with Gasteiger partial charge in [-0.2, -0.15) is 0 Å². The molecule has 1 N–H and O–H groups in total. The van der Waals surface area contributed by atoms with E-state index in [0.29, 0.717) is 5.41 Å². The Morgan fingerprint density at radius 2 is 1.89 bits per heavy atom. The summed E-state index contributed by atoms with van der Waals surface area (Å²) in [5.41, 5.74) is 0.549. The van der Waals surface area contributed by atoms with Gasteiger partial charge in [0.25, 0.3) is 0 Å². The van der Waals surface area contributed by atoms with Crippen molar-refractivity contribution in [1.82, 2.24) is 15.1 Å². The number of nitrogens with zero attached hydrogens (tertiary/aromatic N) is 2. The van der Waals surface area contributed by atoms with Crippen LogP contribution >= 0.6 is 0 Å². The molecule has 2 unspecified atom stereocenters. The molecule has 106 valence electrons. The molecule has 0 aromatic carbocycles. The quantitative estimate of drug-likeness (QED) is 0.822. The van der Waals surface area contributed by atoms with Gasteiger partial charge >= 0.3 is 0 Å². The molecule has 0 aromatic heterocycles. The summed E-state index contributed by atoms with van der Waals surface area (Å²) in [5.74, 6) is 0.855. The van der Waals surface area contributed by atoms with Crippen LogP contribution in [-0.4, -0.2) is 62.2 Å². The first-order valence-electron chi connectivity index (χ1n) is 7.61. The van der Waals surface area contributed by atoms with Gasteiger partial charge in [0.2, 0.25) is 0 Å². The number of likely N-dealkylation sites (N-methyl/N-ethyl adjacent to an activating group) is 1. The van der Waals surface area contributed by atoms with Crippen molar-refractivity contribution < 1.29 is 0 Å². The molecule has 0 aromatic rings. The van der Waals surface area contributed by atoms with Crippen LogP contribution in [-0.2, 0) is 0 Å². The van der Waals surface area contributed by atoms with E-state index in [9.17, 15) is 0 Å². The maximum absolute atomic E-state index is 3.42. The minimum absolute atomic E-state index is 0.549. The van der Waals surface area contributed by atoms with Crippen LogP contribution in [0, 0.1) is 11.3 Å². The molecule has 2 atom stereocenters. The van der Waals surface area contributed by atoms with Crippen LogP contribution < -0.4 is 5.32 Å². The van der Waals surface area contributed by atoms with E-state index in [1.54, 1.807) is 0 Å². The lowest BCUT2D eigenvalue weighted by Crippen LogP contribution is -2.47. The van der Waals surface area contributed by atoms with Crippen LogP contribution in [0.15, 0.2) is 0 Å². The van der Waals surface area contributed by atoms with E-state index in [4.69, 9.17) is 0 Å². The first-order valence-corrected chi connectivity index (χ1v) is 7.61. The molecule has 2 fully saturated rings. The molecular formula is C15H31N3. The van der Waals surface area contributed by atoms with Crippen molar-refractivity contribution in [1.29, 1.82) is 0 Å². The van der Waals surface area contributed by atoms with Gasteiger partial charge in [0, 0.05) is 45.3 Å². The summed E-state index contributed by atoms with van der Waals surface area (Å²) in [6.45, 7) is 14.5. The molecule has 18 heavy (non-hydrogen) atoms. The lowest BCUT2D eigenvalue weighted by molar-refractivity contribution is 0.157. The topological polar surface area (TPSA) is 18.5 Å². The molecule has 1 heterocycles. The van der Waals surface area contributed by atoms with Crippen molar-refractivity contribution in [3.05, 3.63) is 0 Å². The zero-order valence-corrected chi connectivity index (χ0v) is 12.7. The summed E-state index contributed by atoms with van der Waals surface area (Å²) >= 11 is 0. The monoisotopic (exact) mass is 253 g/mol. The summed E-state index contributed by atoms with van der Waals surface area (Å²) in [6.07, 6.45) is 2.75. The Kier molecular flexibility index (Phi) is 4.68. The van der Waals surface area contributed by atoms with Gasteiger partial charge in [0.1, 0.15) is 0 Å². The number of hydrogen-bond donors (Lipinski definition) is 1. The normalized spacial score (nSPS) is 33.2. The first kappa shape index (κ1) is 14.3. The summed E-state index contributed by atoms with van der Waals surface area (Å²) < 4.78 is 0. The summed E-state index contributed by atoms with van der Waals surface area (Å²) in [4.78, 5) is 5.21. The fourth-order valence-electron chi connectivity index (χ4n) is 3.85. The van der Waals surface area contributed by atoms with E-state index in [1.165, 1.54) is 39.0 Å². The van der Waals surface area contributed by atoms with Gasteiger partial charge in [0.15, 0.2) is 0 Å². The van der Waals surface area contributed by atoms with Gasteiger partial charge in [-0.15, -0.1) is 0 Å². The second-order valence-electron chi connectivity index (χ2n) is 7.19. The number of rotatable bonds is 4. The minimum atomic E-state index is 0.549. The van der Waals surface area contributed by atoms with Crippen LogP contribution in [0.1, 0.15) is 33.6 Å². The smallest absolute Gasteiger partial charge is 0.0124 e. The van der Waals surface area contributed by atoms with E-state index >= 15 is 0 Å². The third kappa shape index (κ3) is 3.69. The lowest BCUT2D eigenvalue weighted by Gasteiger charge is -2.32. The van der Waals surface area contributed by atoms with Crippen molar-refractivity contribution in [2.45, 2.75) is 39.7 Å². The van der Waals surface area contributed by atoms with Crippen LogP contribution in [0.4, 0.5) is 0 Å². The van der Waals surface area contributed by atoms with Gasteiger partial charge in [0.05, 0.1) is 0 Å². The average Bonchev–Trinajstić information content (AvgIpc) is 2.61. The average molecular weight is 253 g/mol. The highest BCUT2D eigenvalue weighted by Gasteiger charge is 2.38. The van der Waals surface area contributed by atoms with Crippen molar-refractivity contribution in [3.63, 3.8) is 0 Å². The molecule has 1 saturated carbocycles. The second kappa shape index (κ2) is 5.89. The highest BCUT2D eigenvalue weighted by molar-refractivity contribution is 4.91. The fourth-order valence-corrected chi connectivity index (χ4v) is 3.85.